The standard InChI is InChI=1S/C12H16N2/c1-8(2)14-7-9-6-11(14)12-10(9)4-3-5-13-12/h3-5,8-9,11H,6-7H2,1-2H3. The van der Waals surface area contributed by atoms with Crippen molar-refractivity contribution in [2.24, 2.45) is 0 Å². The maximum absolute atomic E-state index is 4.53. The SMILES string of the molecule is CC(C)N1CC2CC1c1ncccc12. The van der Waals surface area contributed by atoms with Gasteiger partial charge in [-0.15, -0.1) is 0 Å². The first kappa shape index (κ1) is 8.42. The molecular formula is C12H16N2. The molecule has 14 heavy (non-hydrogen) atoms. The molecule has 2 nitrogen and oxygen atoms in total. The van der Waals surface area contributed by atoms with Gasteiger partial charge in [-0.25, -0.2) is 0 Å². The summed E-state index contributed by atoms with van der Waals surface area (Å²) in [4.78, 5) is 7.12. The fraction of sp³-hybridized carbons (Fsp3) is 0.583. The molecule has 0 spiro atoms. The van der Waals surface area contributed by atoms with Crippen molar-refractivity contribution in [3.05, 3.63) is 29.6 Å². The fourth-order valence-corrected chi connectivity index (χ4v) is 2.98. The molecule has 1 aromatic heterocycles. The second-order valence-electron chi connectivity index (χ2n) is 4.72. The molecule has 0 aromatic carbocycles. The van der Waals surface area contributed by atoms with Gasteiger partial charge >= 0.3 is 0 Å². The molecule has 2 unspecified atom stereocenters. The van der Waals surface area contributed by atoms with Gasteiger partial charge in [-0.1, -0.05) is 6.07 Å². The quantitative estimate of drug-likeness (QED) is 0.672. The summed E-state index contributed by atoms with van der Waals surface area (Å²) >= 11 is 0. The first-order chi connectivity index (χ1) is 6.77. The Morgan fingerprint density at radius 2 is 2.36 bits per heavy atom. The Kier molecular flexibility index (Phi) is 1.68. The predicted molar refractivity (Wildman–Crippen MR) is 56.2 cm³/mol. The van der Waals surface area contributed by atoms with Crippen LogP contribution in [0, 0.1) is 0 Å². The number of aromatic nitrogens is 1. The first-order valence-electron chi connectivity index (χ1n) is 5.48. The topological polar surface area (TPSA) is 16.1 Å². The Balaban J connectivity index is 2.02. The third kappa shape index (κ3) is 0.976. The van der Waals surface area contributed by atoms with Crippen molar-refractivity contribution in [1.82, 2.24) is 9.88 Å². The Bertz CT molecular complexity index is 359. The Morgan fingerprint density at radius 1 is 1.50 bits per heavy atom. The Hall–Kier alpha value is -0.890. The van der Waals surface area contributed by atoms with E-state index in [1.54, 1.807) is 0 Å². The molecule has 1 saturated heterocycles. The van der Waals surface area contributed by atoms with Gasteiger partial charge in [0.05, 0.1) is 11.7 Å². The van der Waals surface area contributed by atoms with Crippen LogP contribution in [0.1, 0.15) is 43.5 Å². The van der Waals surface area contributed by atoms with Crippen LogP contribution in [0.5, 0.6) is 0 Å². The highest BCUT2D eigenvalue weighted by molar-refractivity contribution is 5.36. The first-order valence-corrected chi connectivity index (χ1v) is 5.48. The lowest BCUT2D eigenvalue weighted by molar-refractivity contribution is 0.194. The molecule has 3 rings (SSSR count). The van der Waals surface area contributed by atoms with E-state index in [4.69, 9.17) is 0 Å². The molecule has 0 saturated carbocycles. The molecule has 2 atom stereocenters. The lowest BCUT2D eigenvalue weighted by atomic mass is 10.0. The summed E-state index contributed by atoms with van der Waals surface area (Å²) in [6.07, 6.45) is 3.22. The summed E-state index contributed by atoms with van der Waals surface area (Å²) in [6, 6.07) is 5.58. The van der Waals surface area contributed by atoms with E-state index in [1.807, 2.05) is 6.20 Å². The minimum absolute atomic E-state index is 0.608. The molecule has 74 valence electrons. The largest absolute Gasteiger partial charge is 0.292 e. The zero-order valence-corrected chi connectivity index (χ0v) is 8.77. The monoisotopic (exact) mass is 188 g/mol. The summed E-state index contributed by atoms with van der Waals surface area (Å²) in [7, 11) is 0. The van der Waals surface area contributed by atoms with Crippen LogP contribution in [-0.4, -0.2) is 22.5 Å². The minimum Gasteiger partial charge on any atom is -0.292 e. The van der Waals surface area contributed by atoms with Crippen molar-refractivity contribution in [1.29, 1.82) is 0 Å². The number of hydrogen-bond donors (Lipinski definition) is 0. The van der Waals surface area contributed by atoms with E-state index < -0.39 is 0 Å². The van der Waals surface area contributed by atoms with Crippen LogP contribution in [0.2, 0.25) is 0 Å². The number of hydrogen-bond acceptors (Lipinski definition) is 2. The number of pyridine rings is 1. The molecule has 1 aliphatic carbocycles. The van der Waals surface area contributed by atoms with E-state index in [2.05, 4.69) is 35.9 Å². The van der Waals surface area contributed by atoms with Gasteiger partial charge < -0.3 is 0 Å². The number of rotatable bonds is 1. The van der Waals surface area contributed by atoms with Gasteiger partial charge in [0.15, 0.2) is 0 Å². The molecule has 2 bridgehead atoms. The fourth-order valence-electron chi connectivity index (χ4n) is 2.98. The second kappa shape index (κ2) is 2.80. The summed E-state index contributed by atoms with van der Waals surface area (Å²) in [5, 5.41) is 0. The summed E-state index contributed by atoms with van der Waals surface area (Å²) in [6.45, 7) is 5.80. The third-order valence-corrected chi connectivity index (χ3v) is 3.63. The van der Waals surface area contributed by atoms with Gasteiger partial charge in [-0.05, 0) is 31.9 Å². The van der Waals surface area contributed by atoms with Crippen molar-refractivity contribution >= 4 is 0 Å². The summed E-state index contributed by atoms with van der Waals surface area (Å²) in [5.41, 5.74) is 2.85. The van der Waals surface area contributed by atoms with Crippen LogP contribution in [-0.2, 0) is 0 Å². The average Bonchev–Trinajstić information content (AvgIpc) is 2.75. The van der Waals surface area contributed by atoms with Gasteiger partial charge in [-0.3, -0.25) is 9.88 Å². The van der Waals surface area contributed by atoms with Crippen LogP contribution in [0.4, 0.5) is 0 Å². The van der Waals surface area contributed by atoms with Crippen LogP contribution < -0.4 is 0 Å². The van der Waals surface area contributed by atoms with Crippen LogP contribution in [0.3, 0.4) is 0 Å². The maximum Gasteiger partial charge on any atom is 0.0610 e. The van der Waals surface area contributed by atoms with E-state index in [9.17, 15) is 0 Å². The molecule has 1 aliphatic heterocycles. The van der Waals surface area contributed by atoms with Gasteiger partial charge in [0.2, 0.25) is 0 Å². The zero-order chi connectivity index (χ0) is 9.71. The lowest BCUT2D eigenvalue weighted by Crippen LogP contribution is -2.33. The molecule has 0 amide bonds. The van der Waals surface area contributed by atoms with Crippen molar-refractivity contribution < 1.29 is 0 Å². The van der Waals surface area contributed by atoms with Crippen LogP contribution >= 0.6 is 0 Å². The number of likely N-dealkylation sites (tertiary alicyclic amines) is 1. The third-order valence-electron chi connectivity index (χ3n) is 3.63. The second-order valence-corrected chi connectivity index (χ2v) is 4.72. The lowest BCUT2D eigenvalue weighted by Gasteiger charge is -2.31. The number of fused-ring (bicyclic) bond motifs is 5. The van der Waals surface area contributed by atoms with Crippen LogP contribution in [0.15, 0.2) is 18.3 Å². The highest BCUT2D eigenvalue weighted by Crippen LogP contribution is 2.49. The maximum atomic E-state index is 4.53. The van der Waals surface area contributed by atoms with Crippen molar-refractivity contribution in [2.45, 2.75) is 38.3 Å². The van der Waals surface area contributed by atoms with E-state index in [-0.39, 0.29) is 0 Å². The molecule has 1 aromatic rings. The zero-order valence-electron chi connectivity index (χ0n) is 8.77. The molecule has 2 aliphatic rings. The van der Waals surface area contributed by atoms with Crippen molar-refractivity contribution in [3.8, 4) is 0 Å². The van der Waals surface area contributed by atoms with E-state index >= 15 is 0 Å². The highest BCUT2D eigenvalue weighted by atomic mass is 15.2. The molecule has 0 radical (unpaired) electrons. The Labute approximate surface area is 85.0 Å². The van der Waals surface area contributed by atoms with Gasteiger partial charge in [0, 0.05) is 24.7 Å². The number of nitrogens with zero attached hydrogens (tertiary/aromatic N) is 2. The molecule has 2 heterocycles. The van der Waals surface area contributed by atoms with E-state index in [0.29, 0.717) is 12.1 Å². The summed E-state index contributed by atoms with van der Waals surface area (Å²) < 4.78 is 0. The van der Waals surface area contributed by atoms with Gasteiger partial charge in [0.25, 0.3) is 0 Å². The Morgan fingerprint density at radius 3 is 3.14 bits per heavy atom. The molecule has 1 fully saturated rings. The van der Waals surface area contributed by atoms with Gasteiger partial charge in [0.1, 0.15) is 0 Å². The van der Waals surface area contributed by atoms with E-state index in [0.717, 1.165) is 5.92 Å². The van der Waals surface area contributed by atoms with E-state index in [1.165, 1.54) is 24.2 Å². The molecular weight excluding hydrogens is 172 g/mol. The normalized spacial score (nSPS) is 29.9. The highest BCUT2D eigenvalue weighted by Gasteiger charge is 2.43. The average molecular weight is 188 g/mol. The molecule has 2 heteroatoms. The van der Waals surface area contributed by atoms with Crippen LogP contribution in [0.25, 0.3) is 0 Å². The van der Waals surface area contributed by atoms with Crippen molar-refractivity contribution in [3.63, 3.8) is 0 Å². The van der Waals surface area contributed by atoms with Crippen molar-refractivity contribution in [2.75, 3.05) is 6.54 Å². The smallest absolute Gasteiger partial charge is 0.0610 e. The summed E-state index contributed by atoms with van der Waals surface area (Å²) in [5.74, 6) is 0.756. The predicted octanol–water partition coefficient (Wildman–Crippen LogP) is 2.33. The minimum atomic E-state index is 0.608. The molecule has 0 N–H and O–H groups in total. The van der Waals surface area contributed by atoms with Gasteiger partial charge in [-0.2, -0.15) is 0 Å².